The molecule has 0 bridgehead atoms. The lowest BCUT2D eigenvalue weighted by Crippen LogP contribution is -2.54. The molecule has 6 heteroatoms. The normalized spacial score (nSPS) is 19.3. The first kappa shape index (κ1) is 18.2. The van der Waals surface area contributed by atoms with E-state index in [9.17, 15) is 4.79 Å². The van der Waals surface area contributed by atoms with Crippen LogP contribution < -0.4 is 24.4 Å². The molecule has 0 radical (unpaired) electrons. The first-order valence-electron chi connectivity index (χ1n) is 10.4. The number of hydrogen-bond donors (Lipinski definition) is 1. The smallest absolute Gasteiger partial charge is 0.223 e. The van der Waals surface area contributed by atoms with Gasteiger partial charge in [0.25, 0.3) is 0 Å². The number of carbonyl (C=O) groups is 1. The largest absolute Gasteiger partial charge is 0.487 e. The quantitative estimate of drug-likeness (QED) is 0.815. The summed E-state index contributed by atoms with van der Waals surface area (Å²) in [6.07, 6.45) is 2.22. The summed E-state index contributed by atoms with van der Waals surface area (Å²) in [7, 11) is 0. The van der Waals surface area contributed by atoms with Gasteiger partial charge in [-0.25, -0.2) is 0 Å². The van der Waals surface area contributed by atoms with Gasteiger partial charge < -0.3 is 24.4 Å². The number of carbonyl (C=O) groups excluding carboxylic acids is 1. The molecule has 2 heterocycles. The summed E-state index contributed by atoms with van der Waals surface area (Å²) in [5, 5.41) is 3.08. The number of benzene rings is 2. The van der Waals surface area contributed by atoms with Crippen LogP contribution in [0.2, 0.25) is 0 Å². The zero-order valence-corrected chi connectivity index (χ0v) is 16.6. The van der Waals surface area contributed by atoms with Crippen molar-refractivity contribution in [3.05, 3.63) is 48.0 Å². The van der Waals surface area contributed by atoms with Gasteiger partial charge in [0.1, 0.15) is 25.1 Å². The molecule has 3 aliphatic rings. The maximum atomic E-state index is 11.9. The first-order chi connectivity index (χ1) is 14.2. The fourth-order valence-corrected chi connectivity index (χ4v) is 3.74. The van der Waals surface area contributed by atoms with Crippen molar-refractivity contribution in [2.75, 3.05) is 31.2 Å². The van der Waals surface area contributed by atoms with Crippen LogP contribution in [0.1, 0.15) is 31.4 Å². The van der Waals surface area contributed by atoms with E-state index in [1.165, 1.54) is 0 Å². The molecule has 0 unspecified atom stereocenters. The third-order valence-corrected chi connectivity index (χ3v) is 5.73. The lowest BCUT2D eigenvalue weighted by atomic mass is 10.1. The highest BCUT2D eigenvalue weighted by atomic mass is 16.6. The van der Waals surface area contributed by atoms with Crippen molar-refractivity contribution in [1.29, 1.82) is 0 Å². The molecule has 1 saturated heterocycles. The molecule has 2 aromatic carbocycles. The molecule has 1 saturated carbocycles. The summed E-state index contributed by atoms with van der Waals surface area (Å²) >= 11 is 0. The number of rotatable bonds is 6. The Bertz CT molecular complexity index is 888. The summed E-state index contributed by atoms with van der Waals surface area (Å²) in [5.74, 6) is 2.90. The molecular weight excluding hydrogens is 368 g/mol. The van der Waals surface area contributed by atoms with E-state index in [0.29, 0.717) is 13.2 Å². The summed E-state index contributed by atoms with van der Waals surface area (Å²) in [4.78, 5) is 14.2. The van der Waals surface area contributed by atoms with Crippen LogP contribution >= 0.6 is 0 Å². The Kier molecular flexibility index (Phi) is 4.70. The van der Waals surface area contributed by atoms with Crippen LogP contribution in [0.3, 0.4) is 0 Å². The second-order valence-corrected chi connectivity index (χ2v) is 8.05. The molecule has 1 aliphatic carbocycles. The van der Waals surface area contributed by atoms with Crippen molar-refractivity contribution in [2.24, 2.45) is 5.92 Å². The average Bonchev–Trinajstić information content (AvgIpc) is 3.56. The summed E-state index contributed by atoms with van der Waals surface area (Å²) in [6.45, 7) is 4.91. The standard InChI is InChI=1S/C23H26N2O4/c1-15(24-23(26)17-2-3-17)16-4-7-19(8-5-16)29-20-13-25(14-20)18-6-9-21-22(12-18)28-11-10-27-21/h4-9,12,15,17,20H,2-3,10-11,13-14H2,1H3,(H,24,26)/t15-/m0/s1. The molecule has 5 rings (SSSR count). The van der Waals surface area contributed by atoms with Crippen molar-refractivity contribution >= 4 is 11.6 Å². The van der Waals surface area contributed by atoms with Gasteiger partial charge in [-0.1, -0.05) is 12.1 Å². The Balaban J connectivity index is 1.13. The predicted octanol–water partition coefficient (Wildman–Crippen LogP) is 3.31. The summed E-state index contributed by atoms with van der Waals surface area (Å²) < 4.78 is 17.3. The number of ether oxygens (including phenoxy) is 3. The molecule has 1 amide bonds. The summed E-state index contributed by atoms with van der Waals surface area (Å²) in [5.41, 5.74) is 2.22. The third-order valence-electron chi connectivity index (χ3n) is 5.73. The lowest BCUT2D eigenvalue weighted by Gasteiger charge is -2.41. The molecule has 0 aromatic heterocycles. The Labute approximate surface area is 170 Å². The molecular formula is C23H26N2O4. The fourth-order valence-electron chi connectivity index (χ4n) is 3.74. The van der Waals surface area contributed by atoms with Crippen molar-refractivity contribution < 1.29 is 19.0 Å². The van der Waals surface area contributed by atoms with Gasteiger partial charge in [0.2, 0.25) is 5.91 Å². The third kappa shape index (κ3) is 3.97. The van der Waals surface area contributed by atoms with Crippen molar-refractivity contribution in [3.63, 3.8) is 0 Å². The van der Waals surface area contributed by atoms with Crippen LogP contribution in [0, 0.1) is 5.92 Å². The zero-order chi connectivity index (χ0) is 19.8. The highest BCUT2D eigenvalue weighted by Crippen LogP contribution is 2.36. The minimum Gasteiger partial charge on any atom is -0.487 e. The van der Waals surface area contributed by atoms with Gasteiger partial charge in [-0.2, -0.15) is 0 Å². The number of nitrogens with zero attached hydrogens (tertiary/aromatic N) is 1. The van der Waals surface area contributed by atoms with E-state index >= 15 is 0 Å². The van der Waals surface area contributed by atoms with Gasteiger partial charge in [-0.15, -0.1) is 0 Å². The minimum absolute atomic E-state index is 0.0200. The number of anilines is 1. The van der Waals surface area contributed by atoms with E-state index in [1.54, 1.807) is 0 Å². The highest BCUT2D eigenvalue weighted by Gasteiger charge is 2.31. The molecule has 2 fully saturated rings. The first-order valence-corrected chi connectivity index (χ1v) is 10.4. The minimum atomic E-state index is 0.0200. The Hall–Kier alpha value is -2.89. The van der Waals surface area contributed by atoms with Crippen LogP contribution in [-0.4, -0.2) is 38.3 Å². The van der Waals surface area contributed by atoms with Gasteiger partial charge in [0.05, 0.1) is 19.1 Å². The lowest BCUT2D eigenvalue weighted by molar-refractivity contribution is -0.122. The monoisotopic (exact) mass is 394 g/mol. The van der Waals surface area contributed by atoms with Crippen LogP contribution in [0.25, 0.3) is 0 Å². The zero-order valence-electron chi connectivity index (χ0n) is 16.6. The molecule has 1 N–H and O–H groups in total. The molecule has 29 heavy (non-hydrogen) atoms. The fraction of sp³-hybridized carbons (Fsp3) is 0.435. The van der Waals surface area contributed by atoms with Gasteiger partial charge in [0, 0.05) is 17.7 Å². The van der Waals surface area contributed by atoms with Gasteiger partial charge in [0.15, 0.2) is 11.5 Å². The van der Waals surface area contributed by atoms with E-state index in [2.05, 4.69) is 16.3 Å². The molecule has 6 nitrogen and oxygen atoms in total. The Morgan fingerprint density at radius 3 is 2.52 bits per heavy atom. The van der Waals surface area contributed by atoms with E-state index in [1.807, 2.05) is 43.3 Å². The second-order valence-electron chi connectivity index (χ2n) is 8.05. The van der Waals surface area contributed by atoms with Crippen LogP contribution in [-0.2, 0) is 4.79 Å². The molecule has 2 aromatic rings. The molecule has 2 aliphatic heterocycles. The van der Waals surface area contributed by atoms with Crippen LogP contribution in [0.4, 0.5) is 5.69 Å². The molecule has 0 spiro atoms. The number of amides is 1. The highest BCUT2D eigenvalue weighted by molar-refractivity contribution is 5.81. The maximum Gasteiger partial charge on any atom is 0.223 e. The van der Waals surface area contributed by atoms with E-state index in [-0.39, 0.29) is 24.0 Å². The van der Waals surface area contributed by atoms with Gasteiger partial charge >= 0.3 is 0 Å². The number of nitrogens with one attached hydrogen (secondary N) is 1. The van der Waals surface area contributed by atoms with Crippen molar-refractivity contribution in [2.45, 2.75) is 31.9 Å². The predicted molar refractivity (Wildman–Crippen MR) is 110 cm³/mol. The second kappa shape index (κ2) is 7.50. The number of hydrogen-bond acceptors (Lipinski definition) is 5. The molecule has 152 valence electrons. The summed E-state index contributed by atoms with van der Waals surface area (Å²) in [6, 6.07) is 14.1. The van der Waals surface area contributed by atoms with E-state index in [0.717, 1.165) is 54.4 Å². The van der Waals surface area contributed by atoms with Gasteiger partial charge in [-0.05, 0) is 49.6 Å². The SMILES string of the molecule is C[C@H](NC(=O)C1CC1)c1ccc(OC2CN(c3ccc4c(c3)OCCO4)C2)cc1. The number of fused-ring (bicyclic) bond motifs is 1. The van der Waals surface area contributed by atoms with E-state index in [4.69, 9.17) is 14.2 Å². The molecule has 1 atom stereocenters. The Morgan fingerprint density at radius 2 is 1.79 bits per heavy atom. The van der Waals surface area contributed by atoms with E-state index < -0.39 is 0 Å². The van der Waals surface area contributed by atoms with Gasteiger partial charge in [-0.3, -0.25) is 4.79 Å². The average molecular weight is 394 g/mol. The van der Waals surface area contributed by atoms with Crippen LogP contribution in [0.15, 0.2) is 42.5 Å². The maximum absolute atomic E-state index is 11.9. The van der Waals surface area contributed by atoms with Crippen molar-refractivity contribution in [3.8, 4) is 17.2 Å². The Morgan fingerprint density at radius 1 is 1.07 bits per heavy atom. The van der Waals surface area contributed by atoms with Crippen LogP contribution in [0.5, 0.6) is 17.2 Å². The van der Waals surface area contributed by atoms with Crippen molar-refractivity contribution in [1.82, 2.24) is 5.32 Å². The topological polar surface area (TPSA) is 60.0 Å².